The highest BCUT2D eigenvalue weighted by molar-refractivity contribution is 9.10. The summed E-state index contributed by atoms with van der Waals surface area (Å²) in [6, 6.07) is 29.1. The molecule has 1 aromatic heterocycles. The molecule has 1 amide bonds. The number of anilines is 1. The number of hydrogen-bond donors (Lipinski definition) is 1. The van der Waals surface area contributed by atoms with Crippen LogP contribution in [0, 0.1) is 0 Å². The minimum atomic E-state index is -0.701. The SMILES string of the molecule is COc1cc(/C=c2\sc3n(c2=O)[C@@H](c2ccc(Cl)cc2)C(C(=O)Nc2ccccc2)=C(C)N=3)ccc1OCc1ccc(Br)cc1. The number of carbonyl (C=O) groups excluding carboxylic acids is 1. The molecule has 45 heavy (non-hydrogen) atoms. The van der Waals surface area contributed by atoms with Gasteiger partial charge in [0.15, 0.2) is 16.3 Å². The van der Waals surface area contributed by atoms with Gasteiger partial charge in [0.05, 0.1) is 29.0 Å². The van der Waals surface area contributed by atoms with E-state index in [1.807, 2.05) is 84.9 Å². The van der Waals surface area contributed by atoms with Crippen molar-refractivity contribution in [2.45, 2.75) is 19.6 Å². The Labute approximate surface area is 276 Å². The van der Waals surface area contributed by atoms with Gasteiger partial charge in [-0.1, -0.05) is 87.4 Å². The quantitative estimate of drug-likeness (QED) is 0.192. The van der Waals surface area contributed by atoms with Gasteiger partial charge in [0.2, 0.25) is 0 Å². The summed E-state index contributed by atoms with van der Waals surface area (Å²) in [5.74, 6) is 0.801. The van der Waals surface area contributed by atoms with Gasteiger partial charge in [-0.25, -0.2) is 4.99 Å². The molecule has 226 valence electrons. The minimum Gasteiger partial charge on any atom is -0.493 e. The van der Waals surface area contributed by atoms with E-state index >= 15 is 0 Å². The van der Waals surface area contributed by atoms with Crippen LogP contribution in [-0.2, 0) is 11.4 Å². The second kappa shape index (κ2) is 13.3. The molecule has 1 atom stereocenters. The highest BCUT2D eigenvalue weighted by Crippen LogP contribution is 2.32. The summed E-state index contributed by atoms with van der Waals surface area (Å²) in [5, 5.41) is 3.52. The highest BCUT2D eigenvalue weighted by Gasteiger charge is 2.32. The summed E-state index contributed by atoms with van der Waals surface area (Å²) in [6.45, 7) is 2.17. The lowest BCUT2D eigenvalue weighted by molar-refractivity contribution is -0.113. The van der Waals surface area contributed by atoms with Crippen LogP contribution in [0.4, 0.5) is 5.69 Å². The average Bonchev–Trinajstić information content (AvgIpc) is 3.34. The number of halogens is 2. The molecular weight excluding hydrogens is 674 g/mol. The van der Waals surface area contributed by atoms with Crippen LogP contribution in [-0.4, -0.2) is 17.6 Å². The maximum Gasteiger partial charge on any atom is 0.271 e. The lowest BCUT2D eigenvalue weighted by atomic mass is 9.95. The van der Waals surface area contributed by atoms with Gasteiger partial charge in [-0.3, -0.25) is 14.2 Å². The molecule has 0 fully saturated rings. The molecular formula is C35H27BrClN3O4S. The Morgan fingerprint density at radius 2 is 1.76 bits per heavy atom. The van der Waals surface area contributed by atoms with Crippen molar-refractivity contribution >= 4 is 56.5 Å². The molecule has 1 aliphatic rings. The molecule has 0 unspecified atom stereocenters. The molecule has 10 heteroatoms. The number of rotatable bonds is 8. The zero-order valence-electron chi connectivity index (χ0n) is 24.3. The molecule has 6 rings (SSSR count). The second-order valence-corrected chi connectivity index (χ2v) is 12.6. The monoisotopic (exact) mass is 699 g/mol. The van der Waals surface area contributed by atoms with Crippen LogP contribution in [0.1, 0.15) is 29.7 Å². The molecule has 5 aromatic rings. The standard InChI is InChI=1S/C35H27BrClN3O4S/c1-21-31(33(41)39-27-6-4-3-5-7-27)32(24-11-15-26(37)16-12-24)40-34(42)30(45-35(40)38-21)19-23-10-17-28(29(18-23)43-2)44-20-22-8-13-25(36)14-9-22/h3-19,32H,20H2,1-2H3,(H,39,41)/b30-19-/t32-/m0/s1. The number of nitrogens with one attached hydrogen (secondary N) is 1. The molecule has 0 bridgehead atoms. The molecule has 0 spiro atoms. The highest BCUT2D eigenvalue weighted by atomic mass is 79.9. The number of para-hydroxylation sites is 1. The zero-order chi connectivity index (χ0) is 31.5. The Bertz CT molecular complexity index is 2090. The van der Waals surface area contributed by atoms with Gasteiger partial charge in [0.25, 0.3) is 11.5 Å². The number of nitrogens with zero attached hydrogens (tertiary/aromatic N) is 2. The fourth-order valence-electron chi connectivity index (χ4n) is 5.08. The van der Waals surface area contributed by atoms with E-state index in [4.69, 9.17) is 26.1 Å². The van der Waals surface area contributed by atoms with Gasteiger partial charge in [0.1, 0.15) is 6.61 Å². The van der Waals surface area contributed by atoms with Crippen LogP contribution in [0.5, 0.6) is 11.5 Å². The largest absolute Gasteiger partial charge is 0.493 e. The number of amides is 1. The number of aromatic nitrogens is 1. The van der Waals surface area contributed by atoms with Crippen LogP contribution < -0.4 is 29.7 Å². The van der Waals surface area contributed by atoms with E-state index in [-0.39, 0.29) is 11.5 Å². The molecule has 4 aromatic carbocycles. The molecule has 0 saturated carbocycles. The third-order valence-corrected chi connectivity index (χ3v) is 9.04. The van der Waals surface area contributed by atoms with Crippen molar-refractivity contribution in [3.05, 3.63) is 154 Å². The molecule has 7 nitrogen and oxygen atoms in total. The maximum absolute atomic E-state index is 14.0. The number of benzene rings is 4. The average molecular weight is 701 g/mol. The number of hydrogen-bond acceptors (Lipinski definition) is 6. The van der Waals surface area contributed by atoms with E-state index in [0.717, 1.165) is 21.2 Å². The summed E-state index contributed by atoms with van der Waals surface area (Å²) < 4.78 is 14.7. The normalized spacial score (nSPS) is 14.5. The molecule has 1 aliphatic heterocycles. The van der Waals surface area contributed by atoms with Crippen molar-refractivity contribution in [2.24, 2.45) is 4.99 Å². The van der Waals surface area contributed by atoms with Gasteiger partial charge in [-0.15, -0.1) is 0 Å². The minimum absolute atomic E-state index is 0.259. The number of methoxy groups -OCH3 is 1. The predicted molar refractivity (Wildman–Crippen MR) is 182 cm³/mol. The first kappa shape index (κ1) is 30.6. The molecule has 0 saturated heterocycles. The first-order valence-electron chi connectivity index (χ1n) is 14.0. The summed E-state index contributed by atoms with van der Waals surface area (Å²) in [4.78, 5) is 33.0. The van der Waals surface area contributed by atoms with Gasteiger partial charge in [-0.05, 0) is 78.2 Å². The Hall–Kier alpha value is -4.44. The van der Waals surface area contributed by atoms with Crippen molar-refractivity contribution in [2.75, 3.05) is 12.4 Å². The van der Waals surface area contributed by atoms with Crippen molar-refractivity contribution in [1.29, 1.82) is 0 Å². The summed E-state index contributed by atoms with van der Waals surface area (Å²) in [7, 11) is 1.58. The molecule has 2 heterocycles. The second-order valence-electron chi connectivity index (χ2n) is 10.3. The van der Waals surface area contributed by atoms with E-state index < -0.39 is 6.04 Å². The van der Waals surface area contributed by atoms with Crippen molar-refractivity contribution in [3.8, 4) is 11.5 Å². The van der Waals surface area contributed by atoms with Crippen LogP contribution in [0.15, 0.2) is 123 Å². The van der Waals surface area contributed by atoms with E-state index in [0.29, 0.717) is 49.4 Å². The third-order valence-electron chi connectivity index (χ3n) is 7.28. The number of thiazole rings is 1. The van der Waals surface area contributed by atoms with Crippen molar-refractivity contribution in [1.82, 2.24) is 4.57 Å². The van der Waals surface area contributed by atoms with Gasteiger partial charge < -0.3 is 14.8 Å². The van der Waals surface area contributed by atoms with E-state index in [1.54, 1.807) is 36.8 Å². The van der Waals surface area contributed by atoms with Gasteiger partial charge in [-0.2, -0.15) is 0 Å². The van der Waals surface area contributed by atoms with Crippen LogP contribution in [0.25, 0.3) is 6.08 Å². The van der Waals surface area contributed by atoms with Crippen LogP contribution in [0.2, 0.25) is 5.02 Å². The molecule has 1 N–H and O–H groups in total. The topological polar surface area (TPSA) is 81.9 Å². The van der Waals surface area contributed by atoms with Crippen LogP contribution in [0.3, 0.4) is 0 Å². The Morgan fingerprint density at radius 3 is 2.47 bits per heavy atom. The Morgan fingerprint density at radius 1 is 1.02 bits per heavy atom. The third kappa shape index (κ3) is 6.66. The maximum atomic E-state index is 14.0. The number of fused-ring (bicyclic) bond motifs is 1. The van der Waals surface area contributed by atoms with Crippen LogP contribution >= 0.6 is 38.9 Å². The van der Waals surface area contributed by atoms with E-state index in [2.05, 4.69) is 21.2 Å². The van der Waals surface area contributed by atoms with E-state index in [9.17, 15) is 9.59 Å². The van der Waals surface area contributed by atoms with E-state index in [1.165, 1.54) is 11.3 Å². The molecule has 0 radical (unpaired) electrons. The predicted octanol–water partition coefficient (Wildman–Crippen LogP) is 6.88. The first-order chi connectivity index (χ1) is 21.8. The lowest BCUT2D eigenvalue weighted by Crippen LogP contribution is -2.40. The Kier molecular flexibility index (Phi) is 9.02. The smallest absolute Gasteiger partial charge is 0.271 e. The summed E-state index contributed by atoms with van der Waals surface area (Å²) >= 11 is 10.9. The van der Waals surface area contributed by atoms with Gasteiger partial charge >= 0.3 is 0 Å². The summed E-state index contributed by atoms with van der Waals surface area (Å²) in [6.07, 6.45) is 1.80. The molecule has 0 aliphatic carbocycles. The number of carbonyl (C=O) groups is 1. The zero-order valence-corrected chi connectivity index (χ0v) is 27.4. The lowest BCUT2D eigenvalue weighted by Gasteiger charge is -2.25. The van der Waals surface area contributed by atoms with Crippen molar-refractivity contribution in [3.63, 3.8) is 0 Å². The summed E-state index contributed by atoms with van der Waals surface area (Å²) in [5.41, 5.74) is 3.83. The Balaban J connectivity index is 1.37. The fourth-order valence-corrected chi connectivity index (χ4v) is 6.52. The number of allylic oxidation sites excluding steroid dienone is 1. The first-order valence-corrected chi connectivity index (χ1v) is 16.0. The number of ether oxygens (including phenoxy) is 2. The van der Waals surface area contributed by atoms with Gasteiger partial charge in [0, 0.05) is 15.2 Å². The van der Waals surface area contributed by atoms with Crippen molar-refractivity contribution < 1.29 is 14.3 Å². The fraction of sp³-hybridized carbons (Fsp3) is 0.114.